The fourth-order valence-corrected chi connectivity index (χ4v) is 2.16. The Morgan fingerprint density at radius 3 is 3.14 bits per heavy atom. The van der Waals surface area contributed by atoms with Crippen LogP contribution in [0.15, 0.2) is 0 Å². The number of rotatable bonds is 4. The molecule has 80 valence electrons. The summed E-state index contributed by atoms with van der Waals surface area (Å²) in [5.74, 6) is -0.115. The summed E-state index contributed by atoms with van der Waals surface area (Å²) in [4.78, 5) is 11.7. The van der Waals surface area contributed by atoms with Gasteiger partial charge in [0.2, 0.25) is 0 Å². The zero-order valence-electron chi connectivity index (χ0n) is 8.75. The van der Waals surface area contributed by atoms with Crippen molar-refractivity contribution < 1.29 is 14.3 Å². The SMILES string of the molecule is CCCCOC(=O)[C@]12CCCC[C@@H]1O2. The van der Waals surface area contributed by atoms with Gasteiger partial charge in [0.25, 0.3) is 0 Å². The molecule has 1 saturated carbocycles. The molecular formula is C11H18O3. The minimum Gasteiger partial charge on any atom is -0.463 e. The highest BCUT2D eigenvalue weighted by atomic mass is 16.7. The van der Waals surface area contributed by atoms with Gasteiger partial charge >= 0.3 is 5.97 Å². The molecule has 0 bridgehead atoms. The molecule has 0 radical (unpaired) electrons. The molecule has 3 nitrogen and oxygen atoms in total. The van der Waals surface area contributed by atoms with Crippen molar-refractivity contribution in [3.05, 3.63) is 0 Å². The predicted molar refractivity (Wildman–Crippen MR) is 51.9 cm³/mol. The van der Waals surface area contributed by atoms with E-state index < -0.39 is 5.60 Å². The number of unbranched alkanes of at least 4 members (excludes halogenated alkanes) is 1. The van der Waals surface area contributed by atoms with Gasteiger partial charge in [0.1, 0.15) is 0 Å². The van der Waals surface area contributed by atoms with Gasteiger partial charge in [-0.25, -0.2) is 4.79 Å². The Morgan fingerprint density at radius 2 is 2.43 bits per heavy atom. The van der Waals surface area contributed by atoms with Crippen LogP contribution in [0.25, 0.3) is 0 Å². The van der Waals surface area contributed by atoms with Crippen molar-refractivity contribution in [3.8, 4) is 0 Å². The molecule has 1 aliphatic carbocycles. The molecule has 0 aromatic carbocycles. The van der Waals surface area contributed by atoms with Gasteiger partial charge in [-0.3, -0.25) is 0 Å². The Bertz CT molecular complexity index is 227. The van der Waals surface area contributed by atoms with Gasteiger partial charge in [-0.15, -0.1) is 0 Å². The summed E-state index contributed by atoms with van der Waals surface area (Å²) >= 11 is 0. The first-order chi connectivity index (χ1) is 6.79. The van der Waals surface area contributed by atoms with Crippen LogP contribution in [0.5, 0.6) is 0 Å². The van der Waals surface area contributed by atoms with Crippen molar-refractivity contribution in [2.75, 3.05) is 6.61 Å². The van der Waals surface area contributed by atoms with Gasteiger partial charge in [0, 0.05) is 0 Å². The Balaban J connectivity index is 1.80. The van der Waals surface area contributed by atoms with Gasteiger partial charge in [-0.1, -0.05) is 19.8 Å². The van der Waals surface area contributed by atoms with E-state index in [2.05, 4.69) is 6.92 Å². The first kappa shape index (κ1) is 9.97. The summed E-state index contributed by atoms with van der Waals surface area (Å²) in [6.07, 6.45) is 6.36. The molecule has 1 aliphatic heterocycles. The molecule has 1 heterocycles. The van der Waals surface area contributed by atoms with Crippen LogP contribution in [-0.2, 0) is 14.3 Å². The second-order valence-corrected chi connectivity index (χ2v) is 4.23. The highest BCUT2D eigenvalue weighted by molar-refractivity contribution is 5.83. The average molecular weight is 198 g/mol. The lowest BCUT2D eigenvalue weighted by Crippen LogP contribution is -2.32. The van der Waals surface area contributed by atoms with Crippen LogP contribution in [0.3, 0.4) is 0 Å². The maximum absolute atomic E-state index is 11.7. The molecule has 0 aromatic rings. The highest BCUT2D eigenvalue weighted by Crippen LogP contribution is 2.48. The van der Waals surface area contributed by atoms with Crippen LogP contribution in [0.4, 0.5) is 0 Å². The summed E-state index contributed by atoms with van der Waals surface area (Å²) in [6, 6.07) is 0. The first-order valence-electron chi connectivity index (χ1n) is 5.64. The molecule has 2 fully saturated rings. The standard InChI is InChI=1S/C11H18O3/c1-2-3-8-13-10(12)11-7-5-4-6-9(11)14-11/h9H,2-8H2,1H3/t9-,11-/m0/s1. The van der Waals surface area contributed by atoms with E-state index in [-0.39, 0.29) is 12.1 Å². The molecule has 2 atom stereocenters. The molecule has 0 N–H and O–H groups in total. The van der Waals surface area contributed by atoms with Crippen molar-refractivity contribution >= 4 is 5.97 Å². The molecular weight excluding hydrogens is 180 g/mol. The third-order valence-electron chi connectivity index (χ3n) is 3.16. The van der Waals surface area contributed by atoms with Crippen molar-refractivity contribution in [1.29, 1.82) is 0 Å². The monoisotopic (exact) mass is 198 g/mol. The maximum Gasteiger partial charge on any atom is 0.341 e. The van der Waals surface area contributed by atoms with E-state index >= 15 is 0 Å². The number of carbonyl (C=O) groups is 1. The number of fused-ring (bicyclic) bond motifs is 1. The number of carbonyl (C=O) groups excluding carboxylic acids is 1. The van der Waals surface area contributed by atoms with E-state index in [1.807, 2.05) is 0 Å². The Hall–Kier alpha value is -0.570. The maximum atomic E-state index is 11.7. The third kappa shape index (κ3) is 1.65. The minimum absolute atomic E-state index is 0.115. The summed E-state index contributed by atoms with van der Waals surface area (Å²) < 4.78 is 10.7. The van der Waals surface area contributed by atoms with Crippen LogP contribution in [0.2, 0.25) is 0 Å². The number of hydrogen-bond donors (Lipinski definition) is 0. The van der Waals surface area contributed by atoms with Gasteiger partial charge in [-0.2, -0.15) is 0 Å². The number of epoxide rings is 1. The second kappa shape index (κ2) is 3.89. The lowest BCUT2D eigenvalue weighted by molar-refractivity contribution is -0.150. The Labute approximate surface area is 84.8 Å². The van der Waals surface area contributed by atoms with E-state index in [0.717, 1.165) is 32.1 Å². The fraction of sp³-hybridized carbons (Fsp3) is 0.909. The van der Waals surface area contributed by atoms with Crippen LogP contribution >= 0.6 is 0 Å². The Kier molecular flexibility index (Phi) is 2.77. The summed E-state index contributed by atoms with van der Waals surface area (Å²) in [6.45, 7) is 2.64. The smallest absolute Gasteiger partial charge is 0.341 e. The van der Waals surface area contributed by atoms with E-state index in [4.69, 9.17) is 9.47 Å². The van der Waals surface area contributed by atoms with E-state index in [1.54, 1.807) is 0 Å². The van der Waals surface area contributed by atoms with Crippen molar-refractivity contribution in [3.63, 3.8) is 0 Å². The molecule has 1 saturated heterocycles. The topological polar surface area (TPSA) is 38.8 Å². The summed E-state index contributed by atoms with van der Waals surface area (Å²) in [5, 5.41) is 0. The van der Waals surface area contributed by atoms with Crippen LogP contribution in [0, 0.1) is 0 Å². The van der Waals surface area contributed by atoms with Crippen LogP contribution in [0.1, 0.15) is 45.4 Å². The van der Waals surface area contributed by atoms with Gasteiger partial charge in [-0.05, 0) is 25.7 Å². The van der Waals surface area contributed by atoms with Gasteiger partial charge in [0.15, 0.2) is 5.60 Å². The van der Waals surface area contributed by atoms with E-state index in [1.165, 1.54) is 6.42 Å². The number of hydrogen-bond acceptors (Lipinski definition) is 3. The quantitative estimate of drug-likeness (QED) is 0.394. The molecule has 14 heavy (non-hydrogen) atoms. The van der Waals surface area contributed by atoms with Crippen LogP contribution < -0.4 is 0 Å². The van der Waals surface area contributed by atoms with Crippen molar-refractivity contribution in [2.24, 2.45) is 0 Å². The summed E-state index contributed by atoms with van der Waals surface area (Å²) in [5.41, 5.74) is -0.508. The molecule has 0 unspecified atom stereocenters. The lowest BCUT2D eigenvalue weighted by atomic mass is 9.89. The fourth-order valence-electron chi connectivity index (χ4n) is 2.16. The highest BCUT2D eigenvalue weighted by Gasteiger charge is 2.64. The van der Waals surface area contributed by atoms with Crippen molar-refractivity contribution in [2.45, 2.75) is 57.2 Å². The number of esters is 1. The van der Waals surface area contributed by atoms with E-state index in [0.29, 0.717) is 6.61 Å². The average Bonchev–Trinajstić information content (AvgIpc) is 2.93. The zero-order valence-corrected chi connectivity index (χ0v) is 8.75. The number of ether oxygens (including phenoxy) is 2. The van der Waals surface area contributed by atoms with Gasteiger partial charge < -0.3 is 9.47 Å². The molecule has 2 aliphatic rings. The minimum atomic E-state index is -0.508. The normalized spacial score (nSPS) is 34.8. The predicted octanol–water partition coefficient (Wildman–Crippen LogP) is 2.04. The van der Waals surface area contributed by atoms with Crippen LogP contribution in [-0.4, -0.2) is 24.3 Å². The zero-order chi connectivity index (χ0) is 10.0. The molecule has 3 heteroatoms. The van der Waals surface area contributed by atoms with Crippen molar-refractivity contribution in [1.82, 2.24) is 0 Å². The largest absolute Gasteiger partial charge is 0.463 e. The third-order valence-corrected chi connectivity index (χ3v) is 3.16. The Morgan fingerprint density at radius 1 is 1.57 bits per heavy atom. The molecule has 0 spiro atoms. The van der Waals surface area contributed by atoms with E-state index in [9.17, 15) is 4.79 Å². The lowest BCUT2D eigenvalue weighted by Gasteiger charge is -2.15. The van der Waals surface area contributed by atoms with Gasteiger partial charge in [0.05, 0.1) is 12.7 Å². The molecule has 2 rings (SSSR count). The molecule has 0 aromatic heterocycles. The summed E-state index contributed by atoms with van der Waals surface area (Å²) in [7, 11) is 0. The molecule has 0 amide bonds. The second-order valence-electron chi connectivity index (χ2n) is 4.23. The first-order valence-corrected chi connectivity index (χ1v) is 5.64.